The van der Waals surface area contributed by atoms with Crippen molar-refractivity contribution in [1.82, 2.24) is 9.88 Å². The molecule has 1 unspecified atom stereocenters. The molecule has 1 aromatic rings. The predicted octanol–water partition coefficient (Wildman–Crippen LogP) is 1.26. The first-order valence-corrected chi connectivity index (χ1v) is 6.59. The zero-order valence-corrected chi connectivity index (χ0v) is 11.1. The maximum absolute atomic E-state index is 10.9. The number of nitrogens with two attached hydrogens (primary N) is 1. The molecule has 4 N–H and O–H groups in total. The van der Waals surface area contributed by atoms with Gasteiger partial charge in [-0.1, -0.05) is 6.92 Å². The van der Waals surface area contributed by atoms with Gasteiger partial charge < -0.3 is 16.2 Å². The quantitative estimate of drug-likeness (QED) is 0.741. The normalized spacial score (nSPS) is 19.5. The molecule has 0 saturated carbocycles. The second kappa shape index (κ2) is 5.88. The number of carboxylic acids is 1. The summed E-state index contributed by atoms with van der Waals surface area (Å²) in [5.74, 6) is -0.582. The van der Waals surface area contributed by atoms with Gasteiger partial charge in [-0.15, -0.1) is 0 Å². The number of likely N-dealkylation sites (tertiary alicyclic amines) is 1. The molecule has 0 aromatic carbocycles. The highest BCUT2D eigenvalue weighted by Crippen LogP contribution is 2.20. The van der Waals surface area contributed by atoms with Crippen LogP contribution in [0, 0.1) is 0 Å². The molecule has 1 aromatic heterocycles. The van der Waals surface area contributed by atoms with Crippen LogP contribution in [-0.4, -0.2) is 46.6 Å². The minimum Gasteiger partial charge on any atom is -0.477 e. The van der Waals surface area contributed by atoms with Crippen molar-refractivity contribution >= 4 is 17.5 Å². The summed E-state index contributed by atoms with van der Waals surface area (Å²) >= 11 is 0. The van der Waals surface area contributed by atoms with Crippen LogP contribution in [0.3, 0.4) is 0 Å². The first-order valence-electron chi connectivity index (χ1n) is 6.59. The van der Waals surface area contributed by atoms with Crippen LogP contribution >= 0.6 is 0 Å². The lowest BCUT2D eigenvalue weighted by Gasteiger charge is -2.23. The number of aromatic carboxylic acids is 1. The summed E-state index contributed by atoms with van der Waals surface area (Å²) in [6.07, 6.45) is 2.36. The number of hydrogen-bond acceptors (Lipinski definition) is 5. The number of hydrogen-bond donors (Lipinski definition) is 3. The lowest BCUT2D eigenvalue weighted by Crippen LogP contribution is -2.34. The molecule has 1 atom stereocenters. The highest BCUT2D eigenvalue weighted by atomic mass is 16.4. The van der Waals surface area contributed by atoms with Crippen molar-refractivity contribution in [2.45, 2.75) is 25.8 Å². The summed E-state index contributed by atoms with van der Waals surface area (Å²) in [6.45, 7) is 5.05. The third-order valence-electron chi connectivity index (χ3n) is 3.56. The molecule has 19 heavy (non-hydrogen) atoms. The summed E-state index contributed by atoms with van der Waals surface area (Å²) in [5, 5.41) is 12.1. The summed E-state index contributed by atoms with van der Waals surface area (Å²) < 4.78 is 0. The average Bonchev–Trinajstić information content (AvgIpc) is 2.85. The molecule has 6 nitrogen and oxygen atoms in total. The van der Waals surface area contributed by atoms with E-state index >= 15 is 0 Å². The minimum absolute atomic E-state index is 0.00969. The van der Waals surface area contributed by atoms with Crippen LogP contribution in [-0.2, 0) is 0 Å². The number of anilines is 2. The van der Waals surface area contributed by atoms with Gasteiger partial charge in [0.25, 0.3) is 0 Å². The van der Waals surface area contributed by atoms with Crippen LogP contribution < -0.4 is 11.1 Å². The van der Waals surface area contributed by atoms with E-state index in [1.165, 1.54) is 12.5 Å². The summed E-state index contributed by atoms with van der Waals surface area (Å²) in [6, 6.07) is 3.46. The van der Waals surface area contributed by atoms with Gasteiger partial charge in [0, 0.05) is 12.6 Å². The topological polar surface area (TPSA) is 91.5 Å². The molecule has 2 heterocycles. The van der Waals surface area contributed by atoms with Crippen molar-refractivity contribution in [3.63, 3.8) is 0 Å². The third-order valence-corrected chi connectivity index (χ3v) is 3.56. The molecule has 2 rings (SSSR count). The molecule has 0 aliphatic carbocycles. The minimum atomic E-state index is -1.04. The van der Waals surface area contributed by atoms with Crippen LogP contribution in [0.4, 0.5) is 11.5 Å². The Bertz CT molecular complexity index is 464. The van der Waals surface area contributed by atoms with Gasteiger partial charge in [-0.05, 0) is 38.1 Å². The number of aromatic nitrogens is 1. The van der Waals surface area contributed by atoms with Crippen LogP contribution in [0.25, 0.3) is 0 Å². The fourth-order valence-electron chi connectivity index (χ4n) is 2.49. The monoisotopic (exact) mass is 264 g/mol. The average molecular weight is 264 g/mol. The Hall–Kier alpha value is -1.82. The van der Waals surface area contributed by atoms with E-state index in [9.17, 15) is 4.79 Å². The third kappa shape index (κ3) is 3.14. The molecule has 0 spiro atoms. The smallest absolute Gasteiger partial charge is 0.354 e. The van der Waals surface area contributed by atoms with E-state index < -0.39 is 5.97 Å². The van der Waals surface area contributed by atoms with Gasteiger partial charge in [-0.3, -0.25) is 4.90 Å². The second-order valence-electron chi connectivity index (χ2n) is 4.75. The summed E-state index contributed by atoms with van der Waals surface area (Å²) in [7, 11) is 0. The molecule has 0 radical (unpaired) electrons. The van der Waals surface area contributed by atoms with Crippen LogP contribution in [0.5, 0.6) is 0 Å². The lowest BCUT2D eigenvalue weighted by atomic mass is 10.2. The highest BCUT2D eigenvalue weighted by Gasteiger charge is 2.22. The highest BCUT2D eigenvalue weighted by molar-refractivity contribution is 5.86. The summed E-state index contributed by atoms with van der Waals surface area (Å²) in [5.41, 5.74) is 6.30. The van der Waals surface area contributed by atoms with Crippen molar-refractivity contribution in [2.75, 3.05) is 30.7 Å². The first kappa shape index (κ1) is 13.6. The first-order chi connectivity index (χ1) is 9.11. The van der Waals surface area contributed by atoms with Crippen LogP contribution in [0.15, 0.2) is 12.1 Å². The Morgan fingerprint density at radius 2 is 2.42 bits per heavy atom. The summed E-state index contributed by atoms with van der Waals surface area (Å²) in [4.78, 5) is 17.3. The van der Waals surface area contributed by atoms with Gasteiger partial charge >= 0.3 is 5.97 Å². The molecule has 104 valence electrons. The van der Waals surface area contributed by atoms with Crippen LogP contribution in [0.2, 0.25) is 0 Å². The van der Waals surface area contributed by atoms with Gasteiger partial charge in [0.05, 0.1) is 5.69 Å². The molecule has 1 saturated heterocycles. The van der Waals surface area contributed by atoms with Gasteiger partial charge in [0.1, 0.15) is 5.82 Å². The van der Waals surface area contributed by atoms with Gasteiger partial charge in [0.2, 0.25) is 0 Å². The molecular formula is C13H20N4O2. The number of carboxylic acid groups (broad SMARTS) is 1. The molecular weight excluding hydrogens is 244 g/mol. The Labute approximate surface area is 112 Å². The van der Waals surface area contributed by atoms with Gasteiger partial charge in [-0.25, -0.2) is 9.78 Å². The van der Waals surface area contributed by atoms with E-state index in [2.05, 4.69) is 22.1 Å². The number of rotatable bonds is 5. The number of carbonyl (C=O) groups is 1. The molecule has 0 bridgehead atoms. The zero-order chi connectivity index (χ0) is 13.8. The maximum atomic E-state index is 10.9. The molecule has 6 heteroatoms. The Kier molecular flexibility index (Phi) is 4.21. The van der Waals surface area contributed by atoms with E-state index in [4.69, 9.17) is 10.8 Å². The van der Waals surface area contributed by atoms with Crippen molar-refractivity contribution < 1.29 is 9.90 Å². The Morgan fingerprint density at radius 3 is 3.11 bits per heavy atom. The van der Waals surface area contributed by atoms with E-state index in [0.29, 0.717) is 17.5 Å². The fraction of sp³-hybridized carbons (Fsp3) is 0.538. The number of nitrogens with zero attached hydrogens (tertiary/aromatic N) is 2. The van der Waals surface area contributed by atoms with Crippen molar-refractivity contribution in [3.8, 4) is 0 Å². The van der Waals surface area contributed by atoms with E-state index in [0.717, 1.165) is 26.1 Å². The Balaban J connectivity index is 2.02. The largest absolute Gasteiger partial charge is 0.477 e. The number of pyridine rings is 1. The van der Waals surface area contributed by atoms with Gasteiger partial charge in [0.15, 0.2) is 5.69 Å². The standard InChI is InChI=1S/C13H20N4O2/c1-2-17-7-3-4-9(17)8-15-12-10(14)5-6-11(16-12)13(18)19/h5-6,9H,2-4,7-8,14H2,1H3,(H,15,16)(H,18,19). The van der Waals surface area contributed by atoms with Crippen molar-refractivity contribution in [1.29, 1.82) is 0 Å². The number of nitrogen functional groups attached to an aromatic ring is 1. The van der Waals surface area contributed by atoms with Crippen LogP contribution in [0.1, 0.15) is 30.3 Å². The van der Waals surface area contributed by atoms with E-state index in [-0.39, 0.29) is 5.69 Å². The number of nitrogens with one attached hydrogen (secondary N) is 1. The van der Waals surface area contributed by atoms with Crippen molar-refractivity contribution in [3.05, 3.63) is 17.8 Å². The Morgan fingerprint density at radius 1 is 1.63 bits per heavy atom. The molecule has 1 aliphatic rings. The van der Waals surface area contributed by atoms with E-state index in [1.807, 2.05) is 0 Å². The lowest BCUT2D eigenvalue weighted by molar-refractivity contribution is 0.0690. The predicted molar refractivity (Wildman–Crippen MR) is 74.4 cm³/mol. The number of likely N-dealkylation sites (N-methyl/N-ethyl adjacent to an activating group) is 1. The van der Waals surface area contributed by atoms with Crippen molar-refractivity contribution in [2.24, 2.45) is 0 Å². The second-order valence-corrected chi connectivity index (χ2v) is 4.75. The maximum Gasteiger partial charge on any atom is 0.354 e. The molecule has 1 aliphatic heterocycles. The van der Waals surface area contributed by atoms with Gasteiger partial charge in [-0.2, -0.15) is 0 Å². The molecule has 0 amide bonds. The fourth-order valence-corrected chi connectivity index (χ4v) is 2.49. The zero-order valence-electron chi connectivity index (χ0n) is 11.1. The molecule has 1 fully saturated rings. The SMILES string of the molecule is CCN1CCCC1CNc1nc(C(=O)O)ccc1N. The van der Waals surface area contributed by atoms with E-state index in [1.54, 1.807) is 6.07 Å².